The van der Waals surface area contributed by atoms with Crippen LogP contribution < -0.4 is 4.74 Å². The molecule has 0 N–H and O–H groups in total. The van der Waals surface area contributed by atoms with E-state index in [1.54, 1.807) is 31.2 Å². The second kappa shape index (κ2) is 7.05. The van der Waals surface area contributed by atoms with Crippen molar-refractivity contribution in [3.63, 3.8) is 0 Å². The summed E-state index contributed by atoms with van der Waals surface area (Å²) in [6.45, 7) is 1.76. The van der Waals surface area contributed by atoms with E-state index in [1.165, 1.54) is 6.08 Å². The van der Waals surface area contributed by atoms with Gasteiger partial charge in [-0.1, -0.05) is 18.2 Å². The normalized spacial score (nSPS) is 10.3. The molecule has 0 fully saturated rings. The van der Waals surface area contributed by atoms with Crippen LogP contribution in [0, 0.1) is 10.1 Å². The van der Waals surface area contributed by atoms with Crippen molar-refractivity contribution >= 4 is 12.0 Å². The molecule has 1 rings (SSSR count). The van der Waals surface area contributed by atoms with Gasteiger partial charge in [-0.25, -0.2) is 4.79 Å². The third-order valence-electron chi connectivity index (χ3n) is 1.95. The van der Waals surface area contributed by atoms with Crippen LogP contribution in [0.4, 0.5) is 0 Å². The zero-order valence-electron chi connectivity index (χ0n) is 9.87. The Kier molecular flexibility index (Phi) is 5.37. The fraction of sp³-hybridized carbons (Fsp3) is 0.250. The third-order valence-corrected chi connectivity index (χ3v) is 1.95. The van der Waals surface area contributed by atoms with Crippen molar-refractivity contribution < 1.29 is 19.2 Å². The number of rotatable bonds is 6. The SMILES string of the molecule is CCOC(=O)COc1ccccc1/C=C/[N+](=O)[O-]. The number of hydrogen-bond acceptors (Lipinski definition) is 5. The Bertz CT molecular complexity index is 456. The predicted molar refractivity (Wildman–Crippen MR) is 64.6 cm³/mol. The molecule has 0 radical (unpaired) electrons. The van der Waals surface area contributed by atoms with Gasteiger partial charge in [0.2, 0.25) is 6.20 Å². The summed E-state index contributed by atoms with van der Waals surface area (Å²) in [5.41, 5.74) is 0.526. The van der Waals surface area contributed by atoms with Gasteiger partial charge >= 0.3 is 5.97 Å². The number of nitro groups is 1. The standard InChI is InChI=1S/C12H13NO5/c1-2-17-12(14)9-18-11-6-4-3-5-10(11)7-8-13(15)16/h3-8H,2,9H2,1H3/b8-7+. The van der Waals surface area contributed by atoms with Crippen molar-refractivity contribution in [1.82, 2.24) is 0 Å². The maximum Gasteiger partial charge on any atom is 0.344 e. The van der Waals surface area contributed by atoms with Gasteiger partial charge in [0.05, 0.1) is 11.5 Å². The molecule has 0 bridgehead atoms. The Hall–Kier alpha value is -2.37. The second-order valence-electron chi connectivity index (χ2n) is 3.23. The van der Waals surface area contributed by atoms with Crippen LogP contribution in [0.15, 0.2) is 30.5 Å². The van der Waals surface area contributed by atoms with E-state index in [-0.39, 0.29) is 13.2 Å². The highest BCUT2D eigenvalue weighted by Gasteiger charge is 2.06. The minimum absolute atomic E-state index is 0.225. The quantitative estimate of drug-likeness (QED) is 0.438. The van der Waals surface area contributed by atoms with E-state index in [1.807, 2.05) is 0 Å². The summed E-state index contributed by atoms with van der Waals surface area (Å²) in [5.74, 6) is -0.0887. The van der Waals surface area contributed by atoms with Crippen LogP contribution in [0.5, 0.6) is 5.75 Å². The summed E-state index contributed by atoms with van der Waals surface area (Å²) in [5, 5.41) is 10.2. The molecule has 6 nitrogen and oxygen atoms in total. The van der Waals surface area contributed by atoms with Crippen molar-refractivity contribution in [2.45, 2.75) is 6.92 Å². The topological polar surface area (TPSA) is 78.7 Å². The molecule has 0 atom stereocenters. The van der Waals surface area contributed by atoms with Gasteiger partial charge in [-0.2, -0.15) is 0 Å². The largest absolute Gasteiger partial charge is 0.481 e. The summed E-state index contributed by atoms with van der Waals surface area (Å²) < 4.78 is 9.95. The van der Waals surface area contributed by atoms with Crippen LogP contribution in [0.2, 0.25) is 0 Å². The highest BCUT2D eigenvalue weighted by Crippen LogP contribution is 2.19. The van der Waals surface area contributed by atoms with Gasteiger partial charge in [-0.15, -0.1) is 0 Å². The van der Waals surface area contributed by atoms with E-state index in [0.717, 1.165) is 6.20 Å². The van der Waals surface area contributed by atoms with Gasteiger partial charge in [-0.05, 0) is 13.0 Å². The van der Waals surface area contributed by atoms with Crippen molar-refractivity contribution in [2.75, 3.05) is 13.2 Å². The maximum atomic E-state index is 11.1. The molecule has 18 heavy (non-hydrogen) atoms. The molecule has 0 saturated carbocycles. The summed E-state index contributed by atoms with van der Waals surface area (Å²) in [6, 6.07) is 6.71. The first-order valence-electron chi connectivity index (χ1n) is 5.32. The van der Waals surface area contributed by atoms with Crippen LogP contribution >= 0.6 is 0 Å². The number of esters is 1. The third kappa shape index (κ3) is 4.65. The molecular formula is C12H13NO5. The lowest BCUT2D eigenvalue weighted by molar-refractivity contribution is -0.400. The average molecular weight is 251 g/mol. The van der Waals surface area contributed by atoms with Crippen molar-refractivity contribution in [2.24, 2.45) is 0 Å². The number of hydrogen-bond donors (Lipinski definition) is 0. The summed E-state index contributed by atoms with van der Waals surface area (Å²) >= 11 is 0. The Morgan fingerprint density at radius 1 is 1.44 bits per heavy atom. The lowest BCUT2D eigenvalue weighted by Gasteiger charge is -2.07. The summed E-state index contributed by atoms with van der Waals surface area (Å²) in [4.78, 5) is 20.8. The number of carbonyl (C=O) groups is 1. The zero-order chi connectivity index (χ0) is 13.4. The average Bonchev–Trinajstić information content (AvgIpc) is 2.35. The molecule has 0 aliphatic rings. The number of ether oxygens (including phenoxy) is 2. The molecule has 0 aliphatic carbocycles. The fourth-order valence-electron chi connectivity index (χ4n) is 1.23. The van der Waals surface area contributed by atoms with Gasteiger partial charge in [0.1, 0.15) is 5.75 Å². The van der Waals surface area contributed by atoms with Gasteiger partial charge in [0.25, 0.3) is 0 Å². The lowest BCUT2D eigenvalue weighted by Crippen LogP contribution is -2.14. The summed E-state index contributed by atoms with van der Waals surface area (Å²) in [6.07, 6.45) is 2.12. The smallest absolute Gasteiger partial charge is 0.344 e. The number of nitrogens with zero attached hydrogens (tertiary/aromatic N) is 1. The first-order valence-corrected chi connectivity index (χ1v) is 5.32. The van der Waals surface area contributed by atoms with Crippen molar-refractivity contribution in [3.8, 4) is 5.75 Å². The fourth-order valence-corrected chi connectivity index (χ4v) is 1.23. The zero-order valence-corrected chi connectivity index (χ0v) is 9.87. The van der Waals surface area contributed by atoms with E-state index in [0.29, 0.717) is 11.3 Å². The van der Waals surface area contributed by atoms with E-state index in [4.69, 9.17) is 9.47 Å². The van der Waals surface area contributed by atoms with Crippen molar-refractivity contribution in [1.29, 1.82) is 0 Å². The van der Waals surface area contributed by atoms with Crippen LogP contribution in [0.25, 0.3) is 6.08 Å². The van der Waals surface area contributed by atoms with Crippen molar-refractivity contribution in [3.05, 3.63) is 46.1 Å². The molecule has 0 unspecified atom stereocenters. The molecule has 6 heteroatoms. The first-order chi connectivity index (χ1) is 8.63. The monoisotopic (exact) mass is 251 g/mol. The number of carbonyl (C=O) groups excluding carboxylic acids is 1. The Morgan fingerprint density at radius 2 is 2.17 bits per heavy atom. The highest BCUT2D eigenvalue weighted by atomic mass is 16.6. The molecule has 96 valence electrons. The van der Waals surface area contributed by atoms with E-state index < -0.39 is 10.9 Å². The molecule has 0 aliphatic heterocycles. The molecule has 0 saturated heterocycles. The van der Waals surface area contributed by atoms with Crippen LogP contribution in [0.3, 0.4) is 0 Å². The molecular weight excluding hydrogens is 238 g/mol. The predicted octanol–water partition coefficient (Wildman–Crippen LogP) is 1.88. The van der Waals surface area contributed by atoms with E-state index in [2.05, 4.69) is 0 Å². The molecule has 0 spiro atoms. The molecule has 0 amide bonds. The van der Waals surface area contributed by atoms with Gasteiger partial charge < -0.3 is 9.47 Å². The van der Waals surface area contributed by atoms with Crippen LogP contribution in [0.1, 0.15) is 12.5 Å². The Balaban J connectivity index is 2.70. The maximum absolute atomic E-state index is 11.1. The van der Waals surface area contributed by atoms with Gasteiger partial charge in [0, 0.05) is 11.6 Å². The van der Waals surface area contributed by atoms with Gasteiger partial charge in [-0.3, -0.25) is 10.1 Å². The minimum Gasteiger partial charge on any atom is -0.481 e. The minimum atomic E-state index is -0.567. The summed E-state index contributed by atoms with van der Waals surface area (Å²) in [7, 11) is 0. The van der Waals surface area contributed by atoms with Crippen LogP contribution in [-0.4, -0.2) is 24.1 Å². The molecule has 0 aromatic heterocycles. The van der Waals surface area contributed by atoms with Crippen LogP contribution in [-0.2, 0) is 9.53 Å². The number of benzene rings is 1. The lowest BCUT2D eigenvalue weighted by atomic mass is 10.2. The van der Waals surface area contributed by atoms with E-state index >= 15 is 0 Å². The Labute approximate surface area is 104 Å². The highest BCUT2D eigenvalue weighted by molar-refractivity contribution is 5.71. The molecule has 1 aromatic carbocycles. The first kappa shape index (κ1) is 13.7. The second-order valence-corrected chi connectivity index (χ2v) is 3.23. The Morgan fingerprint density at radius 3 is 2.83 bits per heavy atom. The molecule has 1 aromatic rings. The molecule has 0 heterocycles. The number of para-hydroxylation sites is 1. The van der Waals surface area contributed by atoms with Gasteiger partial charge in [0.15, 0.2) is 6.61 Å². The van der Waals surface area contributed by atoms with E-state index in [9.17, 15) is 14.9 Å².